The lowest BCUT2D eigenvalue weighted by molar-refractivity contribution is -0.124. The molecule has 0 saturated carbocycles. The fourth-order valence-electron chi connectivity index (χ4n) is 4.02. The number of amides is 3. The van der Waals surface area contributed by atoms with Gasteiger partial charge in [0.05, 0.1) is 10.9 Å². The average molecular weight is 457 g/mol. The van der Waals surface area contributed by atoms with E-state index in [1.807, 2.05) is 41.5 Å². The van der Waals surface area contributed by atoms with Crippen LogP contribution < -0.4 is 11.1 Å². The molecule has 1 aliphatic heterocycles. The molecule has 1 aromatic carbocycles. The Kier molecular flexibility index (Phi) is 8.04. The Morgan fingerprint density at radius 2 is 1.94 bits per heavy atom. The number of nitrogens with two attached hydrogens (primary N) is 1. The summed E-state index contributed by atoms with van der Waals surface area (Å²) in [5.74, 6) is -0.227. The highest BCUT2D eigenvalue weighted by molar-refractivity contribution is 7.12. The maximum Gasteiger partial charge on any atom is 0.264 e. The lowest BCUT2D eigenvalue weighted by atomic mass is 10.1. The maximum absolute atomic E-state index is 13.4. The molecule has 3 N–H and O–H groups in total. The van der Waals surface area contributed by atoms with Crippen molar-refractivity contribution < 1.29 is 14.4 Å². The van der Waals surface area contributed by atoms with E-state index >= 15 is 0 Å². The van der Waals surface area contributed by atoms with Gasteiger partial charge in [0.2, 0.25) is 5.91 Å². The number of hydrogen-bond acceptors (Lipinski definition) is 5. The van der Waals surface area contributed by atoms with Crippen molar-refractivity contribution in [3.05, 3.63) is 57.8 Å². The van der Waals surface area contributed by atoms with Crippen LogP contribution in [0.5, 0.6) is 0 Å². The predicted octanol–water partition coefficient (Wildman–Crippen LogP) is 2.51. The summed E-state index contributed by atoms with van der Waals surface area (Å²) >= 11 is 1.40. The molecule has 3 amide bonds. The van der Waals surface area contributed by atoms with Gasteiger partial charge in [-0.25, -0.2) is 0 Å². The first-order valence-electron chi connectivity index (χ1n) is 11.0. The lowest BCUT2D eigenvalue weighted by Gasteiger charge is -2.30. The number of rotatable bonds is 8. The largest absolute Gasteiger partial charge is 0.353 e. The first-order valence-corrected chi connectivity index (χ1v) is 11.9. The van der Waals surface area contributed by atoms with Crippen LogP contribution in [0.3, 0.4) is 0 Å². The summed E-state index contributed by atoms with van der Waals surface area (Å²) in [5.41, 5.74) is 7.15. The van der Waals surface area contributed by atoms with Crippen molar-refractivity contribution in [2.24, 2.45) is 11.7 Å². The van der Waals surface area contributed by atoms with Crippen LogP contribution >= 0.6 is 11.3 Å². The zero-order chi connectivity index (χ0) is 23.3. The molecule has 0 aliphatic carbocycles. The fraction of sp³-hybridized carbons (Fsp3) is 0.458. The quantitative estimate of drug-likeness (QED) is 0.638. The number of carbonyl (C=O) groups is 3. The first kappa shape index (κ1) is 23.9. The van der Waals surface area contributed by atoms with Crippen LogP contribution in [0.4, 0.5) is 0 Å². The van der Waals surface area contributed by atoms with Gasteiger partial charge in [0.15, 0.2) is 0 Å². The summed E-state index contributed by atoms with van der Waals surface area (Å²) < 4.78 is 0. The Labute approximate surface area is 193 Å². The van der Waals surface area contributed by atoms with Crippen molar-refractivity contribution in [1.29, 1.82) is 0 Å². The van der Waals surface area contributed by atoms with Crippen molar-refractivity contribution in [2.45, 2.75) is 39.3 Å². The lowest BCUT2D eigenvalue weighted by Crippen LogP contribution is -2.47. The van der Waals surface area contributed by atoms with Gasteiger partial charge in [-0.15, -0.1) is 11.3 Å². The predicted molar refractivity (Wildman–Crippen MR) is 127 cm³/mol. The number of carbonyl (C=O) groups excluding carboxylic acids is 3. The smallest absolute Gasteiger partial charge is 0.264 e. The molecule has 1 aliphatic rings. The SMILES string of the molecule is Cc1ccc(C(=O)N2CC(N(CC(C)C)C(=O)c3cccs3)CC2C(=O)NCCN)cc1. The van der Waals surface area contributed by atoms with Crippen LogP contribution in [0.2, 0.25) is 0 Å². The molecule has 1 aromatic heterocycles. The van der Waals surface area contributed by atoms with Crippen molar-refractivity contribution in [3.8, 4) is 0 Å². The van der Waals surface area contributed by atoms with E-state index in [0.29, 0.717) is 43.0 Å². The van der Waals surface area contributed by atoms with Gasteiger partial charge in [0.25, 0.3) is 11.8 Å². The molecule has 8 heteroatoms. The standard InChI is InChI=1S/C24H32N4O3S/c1-16(2)14-27(24(31)21-5-4-12-32-21)19-13-20(22(29)26-11-10-25)28(15-19)23(30)18-8-6-17(3)7-9-18/h4-9,12,16,19-20H,10-11,13-15,25H2,1-3H3,(H,26,29). The summed E-state index contributed by atoms with van der Waals surface area (Å²) in [6, 6.07) is 10.1. The highest BCUT2D eigenvalue weighted by atomic mass is 32.1. The summed E-state index contributed by atoms with van der Waals surface area (Å²) in [6.45, 7) is 7.63. The van der Waals surface area contributed by atoms with Crippen LogP contribution in [0.25, 0.3) is 0 Å². The monoisotopic (exact) mass is 456 g/mol. The molecule has 2 aromatic rings. The molecule has 172 valence electrons. The van der Waals surface area contributed by atoms with Crippen LogP contribution in [-0.4, -0.2) is 65.8 Å². The number of hydrogen-bond donors (Lipinski definition) is 2. The Morgan fingerprint density at radius 3 is 2.53 bits per heavy atom. The van der Waals surface area contributed by atoms with E-state index in [-0.39, 0.29) is 29.7 Å². The van der Waals surface area contributed by atoms with Gasteiger partial charge in [-0.05, 0) is 42.8 Å². The number of likely N-dealkylation sites (tertiary alicyclic amines) is 1. The van der Waals surface area contributed by atoms with Gasteiger partial charge in [-0.1, -0.05) is 37.6 Å². The fourth-order valence-corrected chi connectivity index (χ4v) is 4.70. The van der Waals surface area contributed by atoms with Gasteiger partial charge in [0, 0.05) is 31.7 Å². The van der Waals surface area contributed by atoms with E-state index in [2.05, 4.69) is 19.2 Å². The van der Waals surface area contributed by atoms with Crippen LogP contribution in [0.1, 0.15) is 45.9 Å². The van der Waals surface area contributed by atoms with Gasteiger partial charge in [0.1, 0.15) is 6.04 Å². The van der Waals surface area contributed by atoms with Crippen molar-refractivity contribution in [2.75, 3.05) is 26.2 Å². The van der Waals surface area contributed by atoms with E-state index in [9.17, 15) is 14.4 Å². The van der Waals surface area contributed by atoms with Crippen molar-refractivity contribution >= 4 is 29.1 Å². The number of nitrogens with one attached hydrogen (secondary N) is 1. The molecular weight excluding hydrogens is 424 g/mol. The third kappa shape index (κ3) is 5.55. The van der Waals surface area contributed by atoms with E-state index < -0.39 is 6.04 Å². The van der Waals surface area contributed by atoms with Crippen LogP contribution in [0, 0.1) is 12.8 Å². The summed E-state index contributed by atoms with van der Waals surface area (Å²) in [5, 5.41) is 4.70. The Hall–Kier alpha value is -2.71. The molecule has 1 fully saturated rings. The molecule has 2 atom stereocenters. The highest BCUT2D eigenvalue weighted by Crippen LogP contribution is 2.27. The average Bonchev–Trinajstić information content (AvgIpc) is 3.45. The second-order valence-electron chi connectivity index (χ2n) is 8.64. The third-order valence-electron chi connectivity index (χ3n) is 5.58. The van der Waals surface area contributed by atoms with Crippen LogP contribution in [0.15, 0.2) is 41.8 Å². The Morgan fingerprint density at radius 1 is 1.22 bits per heavy atom. The topological polar surface area (TPSA) is 95.7 Å². The maximum atomic E-state index is 13.4. The molecule has 3 rings (SSSR count). The van der Waals surface area contributed by atoms with E-state index in [4.69, 9.17) is 5.73 Å². The molecule has 0 spiro atoms. The van der Waals surface area contributed by atoms with E-state index in [1.54, 1.807) is 17.0 Å². The molecular formula is C24H32N4O3S. The number of nitrogens with zero attached hydrogens (tertiary/aromatic N) is 2. The van der Waals surface area contributed by atoms with Gasteiger partial charge < -0.3 is 20.9 Å². The minimum absolute atomic E-state index is 0.0514. The molecule has 0 bridgehead atoms. The summed E-state index contributed by atoms with van der Waals surface area (Å²) in [7, 11) is 0. The molecule has 2 heterocycles. The van der Waals surface area contributed by atoms with Gasteiger partial charge in [-0.3, -0.25) is 14.4 Å². The minimum Gasteiger partial charge on any atom is -0.353 e. The second kappa shape index (κ2) is 10.7. The zero-order valence-electron chi connectivity index (χ0n) is 18.9. The van der Waals surface area contributed by atoms with Gasteiger partial charge >= 0.3 is 0 Å². The summed E-state index contributed by atoms with van der Waals surface area (Å²) in [6.07, 6.45) is 0.401. The second-order valence-corrected chi connectivity index (χ2v) is 9.58. The third-order valence-corrected chi connectivity index (χ3v) is 6.44. The van der Waals surface area contributed by atoms with Crippen LogP contribution in [-0.2, 0) is 4.79 Å². The first-order chi connectivity index (χ1) is 15.3. The zero-order valence-corrected chi connectivity index (χ0v) is 19.7. The van der Waals surface area contributed by atoms with Crippen molar-refractivity contribution in [3.63, 3.8) is 0 Å². The minimum atomic E-state index is -0.647. The molecule has 2 unspecified atom stereocenters. The molecule has 1 saturated heterocycles. The number of aryl methyl sites for hydroxylation is 1. The van der Waals surface area contributed by atoms with E-state index in [0.717, 1.165) is 5.56 Å². The number of benzene rings is 1. The van der Waals surface area contributed by atoms with Gasteiger partial charge in [-0.2, -0.15) is 0 Å². The van der Waals surface area contributed by atoms with E-state index in [1.165, 1.54) is 11.3 Å². The molecule has 7 nitrogen and oxygen atoms in total. The van der Waals surface area contributed by atoms with Crippen molar-refractivity contribution in [1.82, 2.24) is 15.1 Å². The molecule has 32 heavy (non-hydrogen) atoms. The number of thiophene rings is 1. The normalized spacial score (nSPS) is 18.1. The summed E-state index contributed by atoms with van der Waals surface area (Å²) in [4.78, 5) is 43.7. The Balaban J connectivity index is 1.89. The Bertz CT molecular complexity index is 927. The molecule has 0 radical (unpaired) electrons. The highest BCUT2D eigenvalue weighted by Gasteiger charge is 2.43.